The van der Waals surface area contributed by atoms with E-state index in [0.29, 0.717) is 0 Å². The number of carbonyl (C=O) groups excluding carboxylic acids is 1. The molecule has 0 spiro atoms. The van der Waals surface area contributed by atoms with Gasteiger partial charge in [-0.2, -0.15) is 0 Å². The molecular formula is C12H13ClN2O3. The fourth-order valence-electron chi connectivity index (χ4n) is 2.00. The average molecular weight is 269 g/mol. The van der Waals surface area contributed by atoms with Gasteiger partial charge in [-0.05, 0) is 31.4 Å². The lowest BCUT2D eigenvalue weighted by atomic mass is 9.91. The fraction of sp³-hybridized carbons (Fsp3) is 0.417. The Balaban J connectivity index is 2.35. The number of halogens is 1. The van der Waals surface area contributed by atoms with E-state index in [-0.39, 0.29) is 28.2 Å². The second-order valence-corrected chi connectivity index (χ2v) is 4.80. The molecule has 1 fully saturated rings. The van der Waals surface area contributed by atoms with Gasteiger partial charge in [0.2, 0.25) is 0 Å². The smallest absolute Gasteiger partial charge is 0.300 e. The molecule has 0 aromatic heterocycles. The van der Waals surface area contributed by atoms with Crippen LogP contribution in [0.1, 0.15) is 29.6 Å². The predicted molar refractivity (Wildman–Crippen MR) is 67.8 cm³/mol. The van der Waals surface area contributed by atoms with Gasteiger partial charge in [0, 0.05) is 13.1 Å². The number of benzene rings is 1. The van der Waals surface area contributed by atoms with Crippen molar-refractivity contribution < 1.29 is 9.72 Å². The lowest BCUT2D eigenvalue weighted by molar-refractivity contribution is -0.385. The van der Waals surface area contributed by atoms with E-state index in [1.54, 1.807) is 18.0 Å². The van der Waals surface area contributed by atoms with Crippen LogP contribution in [-0.4, -0.2) is 28.8 Å². The van der Waals surface area contributed by atoms with E-state index in [0.717, 1.165) is 19.3 Å². The van der Waals surface area contributed by atoms with Crippen LogP contribution < -0.4 is 0 Å². The summed E-state index contributed by atoms with van der Waals surface area (Å²) >= 11 is 5.79. The summed E-state index contributed by atoms with van der Waals surface area (Å²) in [5.74, 6) is -0.339. The molecular weight excluding hydrogens is 256 g/mol. The second-order valence-electron chi connectivity index (χ2n) is 4.39. The van der Waals surface area contributed by atoms with E-state index >= 15 is 0 Å². The normalized spacial score (nSPS) is 15.0. The maximum Gasteiger partial charge on any atom is 0.300 e. The molecule has 0 saturated heterocycles. The summed E-state index contributed by atoms with van der Waals surface area (Å²) in [5, 5.41) is 11.0. The first kappa shape index (κ1) is 12.8. The topological polar surface area (TPSA) is 63.5 Å². The number of nitro groups is 1. The highest BCUT2D eigenvalue weighted by Crippen LogP contribution is 2.31. The molecule has 0 unspecified atom stereocenters. The van der Waals surface area contributed by atoms with Crippen LogP contribution in [-0.2, 0) is 0 Å². The summed E-state index contributed by atoms with van der Waals surface area (Å²) in [5.41, 5.74) is -0.253. The zero-order valence-electron chi connectivity index (χ0n) is 9.93. The summed E-state index contributed by atoms with van der Waals surface area (Å²) in [6, 6.07) is 4.61. The molecule has 1 aliphatic rings. The lowest BCUT2D eigenvalue weighted by Gasteiger charge is -2.34. The van der Waals surface area contributed by atoms with Crippen LogP contribution in [0.15, 0.2) is 18.2 Å². The minimum absolute atomic E-state index is 0.00661. The Kier molecular flexibility index (Phi) is 3.52. The van der Waals surface area contributed by atoms with Gasteiger partial charge in [-0.1, -0.05) is 17.7 Å². The van der Waals surface area contributed by atoms with Gasteiger partial charge in [0.1, 0.15) is 10.6 Å². The summed E-state index contributed by atoms with van der Waals surface area (Å²) < 4.78 is 0. The van der Waals surface area contributed by atoms with E-state index in [2.05, 4.69) is 0 Å². The van der Waals surface area contributed by atoms with Gasteiger partial charge in [-0.25, -0.2) is 0 Å². The quantitative estimate of drug-likeness (QED) is 0.625. The van der Waals surface area contributed by atoms with Crippen molar-refractivity contribution in [1.82, 2.24) is 4.90 Å². The number of amides is 1. The minimum atomic E-state index is -0.607. The fourth-order valence-corrected chi connectivity index (χ4v) is 2.25. The molecule has 0 atom stereocenters. The first-order valence-electron chi connectivity index (χ1n) is 5.72. The number of carbonyl (C=O) groups is 1. The van der Waals surface area contributed by atoms with E-state index in [1.165, 1.54) is 12.1 Å². The van der Waals surface area contributed by atoms with Gasteiger partial charge >= 0.3 is 5.69 Å². The van der Waals surface area contributed by atoms with Gasteiger partial charge < -0.3 is 4.90 Å². The van der Waals surface area contributed by atoms with Crippen LogP contribution in [0.2, 0.25) is 5.02 Å². The maximum absolute atomic E-state index is 12.2. The van der Waals surface area contributed by atoms with Crippen LogP contribution in [0.25, 0.3) is 0 Å². The number of hydrogen-bond acceptors (Lipinski definition) is 3. The lowest BCUT2D eigenvalue weighted by Crippen LogP contribution is -2.41. The first-order valence-corrected chi connectivity index (χ1v) is 6.10. The van der Waals surface area contributed by atoms with Crippen LogP contribution >= 0.6 is 11.6 Å². The molecule has 0 aliphatic heterocycles. The molecule has 1 aromatic rings. The van der Waals surface area contributed by atoms with E-state index in [1.807, 2.05) is 0 Å². The zero-order valence-corrected chi connectivity index (χ0v) is 10.7. The van der Waals surface area contributed by atoms with E-state index in [9.17, 15) is 14.9 Å². The van der Waals surface area contributed by atoms with Crippen molar-refractivity contribution in [3.8, 4) is 0 Å². The Bertz CT molecular complexity index is 500. The minimum Gasteiger partial charge on any atom is -0.339 e. The third-order valence-electron chi connectivity index (χ3n) is 3.34. The summed E-state index contributed by atoms with van der Waals surface area (Å²) in [6.45, 7) is 0. The monoisotopic (exact) mass is 268 g/mol. The Hall–Kier alpha value is -1.62. The molecule has 1 aromatic carbocycles. The molecule has 0 bridgehead atoms. The van der Waals surface area contributed by atoms with Crippen molar-refractivity contribution in [1.29, 1.82) is 0 Å². The number of rotatable bonds is 3. The molecule has 2 rings (SSSR count). The summed E-state index contributed by atoms with van der Waals surface area (Å²) in [4.78, 5) is 24.2. The molecule has 1 aliphatic carbocycles. The third kappa shape index (κ3) is 2.18. The molecule has 96 valence electrons. The van der Waals surface area contributed by atoms with Crippen LogP contribution in [0, 0.1) is 10.1 Å². The molecule has 0 N–H and O–H groups in total. The summed E-state index contributed by atoms with van der Waals surface area (Å²) in [7, 11) is 1.68. The second kappa shape index (κ2) is 4.94. The van der Waals surface area contributed by atoms with Crippen molar-refractivity contribution in [3.05, 3.63) is 38.9 Å². The third-order valence-corrected chi connectivity index (χ3v) is 3.65. The number of hydrogen-bond donors (Lipinski definition) is 0. The number of nitro benzene ring substituents is 1. The number of nitrogens with zero attached hydrogens (tertiary/aromatic N) is 2. The molecule has 0 heterocycles. The van der Waals surface area contributed by atoms with E-state index in [4.69, 9.17) is 11.6 Å². The van der Waals surface area contributed by atoms with Crippen molar-refractivity contribution >= 4 is 23.2 Å². The molecule has 6 heteroatoms. The van der Waals surface area contributed by atoms with Crippen molar-refractivity contribution in [2.45, 2.75) is 25.3 Å². The SMILES string of the molecule is CN(C(=O)c1cccc(Cl)c1[N+](=O)[O-])C1CCC1. The highest BCUT2D eigenvalue weighted by molar-refractivity contribution is 6.33. The molecule has 18 heavy (non-hydrogen) atoms. The Morgan fingerprint density at radius 3 is 2.67 bits per heavy atom. The van der Waals surface area contributed by atoms with Crippen LogP contribution in [0.3, 0.4) is 0 Å². The molecule has 0 radical (unpaired) electrons. The largest absolute Gasteiger partial charge is 0.339 e. The predicted octanol–water partition coefficient (Wildman–Crippen LogP) is 2.87. The van der Waals surface area contributed by atoms with Gasteiger partial charge in [0.05, 0.1) is 4.92 Å². The summed E-state index contributed by atoms with van der Waals surface area (Å²) in [6.07, 6.45) is 3.01. The Morgan fingerprint density at radius 1 is 1.50 bits per heavy atom. The highest BCUT2D eigenvalue weighted by Gasteiger charge is 2.31. The molecule has 5 nitrogen and oxygen atoms in total. The number of para-hydroxylation sites is 1. The Labute approximate surface area is 109 Å². The van der Waals surface area contributed by atoms with Crippen molar-refractivity contribution in [2.75, 3.05) is 7.05 Å². The molecule has 1 saturated carbocycles. The Morgan fingerprint density at radius 2 is 2.17 bits per heavy atom. The van der Waals surface area contributed by atoms with Gasteiger partial charge in [0.15, 0.2) is 0 Å². The standard InChI is InChI=1S/C12H13ClN2O3/c1-14(8-4-2-5-8)12(16)9-6-3-7-10(13)11(9)15(17)18/h3,6-8H,2,4-5H2,1H3. The van der Waals surface area contributed by atoms with E-state index < -0.39 is 4.92 Å². The highest BCUT2D eigenvalue weighted by atomic mass is 35.5. The van der Waals surface area contributed by atoms with Crippen LogP contribution in [0.4, 0.5) is 5.69 Å². The first-order chi connectivity index (χ1) is 8.52. The maximum atomic E-state index is 12.2. The average Bonchev–Trinajstić information content (AvgIpc) is 2.24. The van der Waals surface area contributed by atoms with Crippen molar-refractivity contribution in [3.63, 3.8) is 0 Å². The van der Waals surface area contributed by atoms with Gasteiger partial charge in [-0.3, -0.25) is 14.9 Å². The van der Waals surface area contributed by atoms with Gasteiger partial charge in [0.25, 0.3) is 5.91 Å². The van der Waals surface area contributed by atoms with Gasteiger partial charge in [-0.15, -0.1) is 0 Å². The van der Waals surface area contributed by atoms with Crippen LogP contribution in [0.5, 0.6) is 0 Å². The van der Waals surface area contributed by atoms with Crippen molar-refractivity contribution in [2.24, 2.45) is 0 Å². The molecule has 1 amide bonds. The zero-order chi connectivity index (χ0) is 13.3.